The van der Waals surface area contributed by atoms with Crippen molar-refractivity contribution in [3.05, 3.63) is 21.9 Å². The van der Waals surface area contributed by atoms with Crippen molar-refractivity contribution >= 4 is 23.2 Å². The van der Waals surface area contributed by atoms with Gasteiger partial charge in [0, 0.05) is 24.4 Å². The number of fused-ring (bicyclic) bond motifs is 1. The zero-order valence-corrected chi connectivity index (χ0v) is 17.4. The average molecular weight is 392 g/mol. The lowest BCUT2D eigenvalue weighted by Crippen LogP contribution is -2.50. The molecule has 0 aliphatic carbocycles. The number of nitrogens with zero attached hydrogens (tertiary/aromatic N) is 1. The van der Waals surface area contributed by atoms with Gasteiger partial charge in [0.05, 0.1) is 0 Å². The van der Waals surface area contributed by atoms with Crippen LogP contribution in [0.3, 0.4) is 0 Å². The van der Waals surface area contributed by atoms with E-state index in [1.165, 1.54) is 23.3 Å². The fourth-order valence-corrected chi connectivity index (χ4v) is 5.17. The molecule has 2 N–H and O–H groups in total. The molecule has 0 radical (unpaired) electrons. The lowest BCUT2D eigenvalue weighted by atomic mass is 9.85. The Kier molecular flexibility index (Phi) is 7.30. The van der Waals surface area contributed by atoms with Crippen molar-refractivity contribution in [1.29, 1.82) is 0 Å². The van der Waals surface area contributed by atoms with Gasteiger partial charge in [-0.1, -0.05) is 20.3 Å². The van der Waals surface area contributed by atoms with Gasteiger partial charge in [0.15, 0.2) is 0 Å². The van der Waals surface area contributed by atoms with Gasteiger partial charge in [0.2, 0.25) is 11.8 Å². The molecule has 1 fully saturated rings. The first kappa shape index (κ1) is 20.3. The fourth-order valence-electron chi connectivity index (χ4n) is 4.28. The minimum Gasteiger partial charge on any atom is -0.344 e. The molecule has 0 aromatic carbocycles. The first-order valence-corrected chi connectivity index (χ1v) is 11.3. The van der Waals surface area contributed by atoms with E-state index in [1.54, 1.807) is 11.3 Å². The quantitative estimate of drug-likeness (QED) is 0.751. The molecule has 150 valence electrons. The molecule has 0 bridgehead atoms. The van der Waals surface area contributed by atoms with E-state index in [2.05, 4.69) is 35.9 Å². The number of carbonyl (C=O) groups is 2. The maximum Gasteiger partial charge on any atom is 0.245 e. The van der Waals surface area contributed by atoms with Gasteiger partial charge in [-0.15, -0.1) is 11.3 Å². The van der Waals surface area contributed by atoms with Gasteiger partial charge in [-0.3, -0.25) is 9.59 Å². The summed E-state index contributed by atoms with van der Waals surface area (Å²) < 4.78 is 0. The van der Waals surface area contributed by atoms with Crippen LogP contribution in [0.4, 0.5) is 0 Å². The smallest absolute Gasteiger partial charge is 0.245 e. The van der Waals surface area contributed by atoms with Crippen molar-refractivity contribution in [3.8, 4) is 0 Å². The number of piperidine rings is 1. The molecule has 3 atom stereocenters. The molecule has 0 saturated carbocycles. The van der Waals surface area contributed by atoms with Crippen molar-refractivity contribution < 1.29 is 9.59 Å². The molecular formula is C21H33N3O2S. The third-order valence-corrected chi connectivity index (χ3v) is 7.00. The maximum absolute atomic E-state index is 13.0. The van der Waals surface area contributed by atoms with Crippen LogP contribution in [0.5, 0.6) is 0 Å². The van der Waals surface area contributed by atoms with Crippen molar-refractivity contribution in [2.24, 2.45) is 11.8 Å². The van der Waals surface area contributed by atoms with E-state index in [-0.39, 0.29) is 17.9 Å². The van der Waals surface area contributed by atoms with Gasteiger partial charge in [0.25, 0.3) is 0 Å². The van der Waals surface area contributed by atoms with Gasteiger partial charge >= 0.3 is 0 Å². The molecule has 27 heavy (non-hydrogen) atoms. The largest absolute Gasteiger partial charge is 0.344 e. The van der Waals surface area contributed by atoms with Crippen LogP contribution in [-0.2, 0) is 22.6 Å². The van der Waals surface area contributed by atoms with E-state index < -0.39 is 0 Å². The number of hydrogen-bond donors (Lipinski definition) is 2. The van der Waals surface area contributed by atoms with Crippen LogP contribution in [0, 0.1) is 11.8 Å². The first-order chi connectivity index (χ1) is 13.1. The van der Waals surface area contributed by atoms with Gasteiger partial charge in [-0.2, -0.15) is 0 Å². The van der Waals surface area contributed by atoms with E-state index in [0.29, 0.717) is 31.2 Å². The van der Waals surface area contributed by atoms with Gasteiger partial charge < -0.3 is 15.5 Å². The highest BCUT2D eigenvalue weighted by molar-refractivity contribution is 7.10. The topological polar surface area (TPSA) is 61.4 Å². The minimum atomic E-state index is -0.389. The van der Waals surface area contributed by atoms with Crippen LogP contribution in [0.15, 0.2) is 11.4 Å². The Hall–Kier alpha value is -1.40. The Morgan fingerprint density at radius 3 is 3.04 bits per heavy atom. The third kappa shape index (κ3) is 5.32. The third-order valence-electron chi connectivity index (χ3n) is 5.98. The molecule has 2 amide bonds. The van der Waals surface area contributed by atoms with E-state index in [1.807, 2.05) is 4.90 Å². The summed E-state index contributed by atoms with van der Waals surface area (Å²) in [5.74, 6) is 1.00. The molecule has 3 unspecified atom stereocenters. The summed E-state index contributed by atoms with van der Waals surface area (Å²) in [7, 11) is 0. The van der Waals surface area contributed by atoms with Crippen LogP contribution in [0.25, 0.3) is 0 Å². The highest BCUT2D eigenvalue weighted by Gasteiger charge is 2.29. The molecule has 6 heteroatoms. The SMILES string of the molecule is CCCC(NC(=O)CC(C)C1CCCNC1)C(=O)N1CCc2sccc2C1. The summed E-state index contributed by atoms with van der Waals surface area (Å²) in [6.45, 7) is 7.75. The summed E-state index contributed by atoms with van der Waals surface area (Å²) in [4.78, 5) is 29.0. The fraction of sp³-hybridized carbons (Fsp3) is 0.714. The highest BCUT2D eigenvalue weighted by atomic mass is 32.1. The minimum absolute atomic E-state index is 0.0214. The second-order valence-electron chi connectivity index (χ2n) is 8.08. The normalized spacial score (nSPS) is 22.0. The van der Waals surface area contributed by atoms with Gasteiger partial charge in [0.1, 0.15) is 6.04 Å². The van der Waals surface area contributed by atoms with Crippen molar-refractivity contribution in [1.82, 2.24) is 15.5 Å². The van der Waals surface area contributed by atoms with E-state index in [0.717, 1.165) is 32.5 Å². The van der Waals surface area contributed by atoms with Crippen LogP contribution < -0.4 is 10.6 Å². The number of amides is 2. The average Bonchev–Trinajstić information content (AvgIpc) is 3.15. The summed E-state index contributed by atoms with van der Waals surface area (Å²) in [6, 6.07) is 1.73. The molecule has 1 aromatic rings. The van der Waals surface area contributed by atoms with Gasteiger partial charge in [-0.25, -0.2) is 0 Å². The predicted molar refractivity (Wildman–Crippen MR) is 110 cm³/mol. The van der Waals surface area contributed by atoms with Crippen LogP contribution in [0.2, 0.25) is 0 Å². The van der Waals surface area contributed by atoms with Crippen molar-refractivity contribution in [2.45, 2.75) is 65.0 Å². The molecule has 3 heterocycles. The van der Waals surface area contributed by atoms with Crippen LogP contribution in [-0.4, -0.2) is 42.4 Å². The molecular weight excluding hydrogens is 358 g/mol. The Labute approximate surface area is 166 Å². The van der Waals surface area contributed by atoms with E-state index in [4.69, 9.17) is 0 Å². The van der Waals surface area contributed by atoms with Crippen LogP contribution >= 0.6 is 11.3 Å². The lowest BCUT2D eigenvalue weighted by molar-refractivity contribution is -0.137. The van der Waals surface area contributed by atoms with Crippen LogP contribution in [0.1, 0.15) is 56.4 Å². The Balaban J connectivity index is 1.54. The number of rotatable bonds is 7. The molecule has 1 saturated heterocycles. The summed E-state index contributed by atoms with van der Waals surface area (Å²) in [5.41, 5.74) is 1.26. The Morgan fingerprint density at radius 1 is 1.44 bits per heavy atom. The summed E-state index contributed by atoms with van der Waals surface area (Å²) >= 11 is 1.78. The highest BCUT2D eigenvalue weighted by Crippen LogP contribution is 2.25. The number of nitrogens with one attached hydrogen (secondary N) is 2. The van der Waals surface area contributed by atoms with Crippen molar-refractivity contribution in [2.75, 3.05) is 19.6 Å². The Morgan fingerprint density at radius 2 is 2.30 bits per heavy atom. The summed E-state index contributed by atoms with van der Waals surface area (Å²) in [6.07, 6.45) is 5.40. The Bertz CT molecular complexity index is 639. The number of hydrogen-bond acceptors (Lipinski definition) is 4. The lowest BCUT2D eigenvalue weighted by Gasteiger charge is -2.31. The molecule has 2 aliphatic heterocycles. The zero-order valence-electron chi connectivity index (χ0n) is 16.6. The van der Waals surface area contributed by atoms with Gasteiger partial charge in [-0.05, 0) is 67.6 Å². The second-order valence-corrected chi connectivity index (χ2v) is 9.08. The van der Waals surface area contributed by atoms with E-state index >= 15 is 0 Å². The molecule has 1 aromatic heterocycles. The number of thiophene rings is 1. The molecule has 2 aliphatic rings. The monoisotopic (exact) mass is 391 g/mol. The first-order valence-electron chi connectivity index (χ1n) is 10.4. The standard InChI is InChI=1S/C21H33N3O2S/c1-3-5-18(21(26)24-10-7-19-17(14-24)8-11-27-19)23-20(25)12-15(2)16-6-4-9-22-13-16/h8,11,15-16,18,22H,3-7,9-10,12-14H2,1-2H3,(H,23,25). The molecule has 3 rings (SSSR count). The van der Waals surface area contributed by atoms with E-state index in [9.17, 15) is 9.59 Å². The maximum atomic E-state index is 13.0. The zero-order chi connectivity index (χ0) is 19.2. The predicted octanol–water partition coefficient (Wildman–Crippen LogP) is 2.94. The molecule has 0 spiro atoms. The number of carbonyl (C=O) groups excluding carboxylic acids is 2. The molecule has 5 nitrogen and oxygen atoms in total. The summed E-state index contributed by atoms with van der Waals surface area (Å²) in [5, 5.41) is 8.58. The van der Waals surface area contributed by atoms with Crippen molar-refractivity contribution in [3.63, 3.8) is 0 Å². The second kappa shape index (κ2) is 9.69.